The molecule has 0 bridgehead atoms. The summed E-state index contributed by atoms with van der Waals surface area (Å²) >= 11 is 0. The highest BCUT2D eigenvalue weighted by Gasteiger charge is 2.42. The normalized spacial score (nSPS) is 20.3. The van der Waals surface area contributed by atoms with Crippen molar-refractivity contribution in [3.8, 4) is 0 Å². The van der Waals surface area contributed by atoms with Crippen molar-refractivity contribution in [1.82, 2.24) is 4.90 Å². The maximum atomic E-state index is 13.2. The highest BCUT2D eigenvalue weighted by molar-refractivity contribution is 5.33. The summed E-state index contributed by atoms with van der Waals surface area (Å²) in [5, 5.41) is 0. The van der Waals surface area contributed by atoms with Crippen LogP contribution in [0.2, 0.25) is 0 Å². The number of benzene rings is 2. The lowest BCUT2D eigenvalue weighted by atomic mass is 10.0. The van der Waals surface area contributed by atoms with Gasteiger partial charge in [-0.1, -0.05) is 66.7 Å². The van der Waals surface area contributed by atoms with Gasteiger partial charge in [0.1, 0.15) is 0 Å². The van der Waals surface area contributed by atoms with E-state index in [-0.39, 0.29) is 18.6 Å². The molecule has 4 heteroatoms. The third kappa shape index (κ3) is 3.32. The van der Waals surface area contributed by atoms with E-state index in [9.17, 15) is 13.2 Å². The Bertz CT molecular complexity index is 677. The topological polar surface area (TPSA) is 3.24 Å². The first-order chi connectivity index (χ1) is 11.0. The highest BCUT2D eigenvalue weighted by atomic mass is 19.4. The molecule has 0 fully saturated rings. The lowest BCUT2D eigenvalue weighted by molar-refractivity contribution is -0.0940. The Labute approximate surface area is 134 Å². The van der Waals surface area contributed by atoms with Crippen molar-refractivity contribution in [3.63, 3.8) is 0 Å². The minimum atomic E-state index is -4.28. The van der Waals surface area contributed by atoms with Crippen LogP contribution in [0.25, 0.3) is 0 Å². The van der Waals surface area contributed by atoms with Crippen LogP contribution in [-0.4, -0.2) is 17.6 Å². The predicted molar refractivity (Wildman–Crippen MR) is 84.9 cm³/mol. The molecule has 2 aromatic carbocycles. The van der Waals surface area contributed by atoms with Crippen molar-refractivity contribution in [2.45, 2.75) is 25.2 Å². The van der Waals surface area contributed by atoms with E-state index in [1.165, 1.54) is 6.08 Å². The Morgan fingerprint density at radius 1 is 0.957 bits per heavy atom. The molecule has 0 saturated carbocycles. The van der Waals surface area contributed by atoms with Gasteiger partial charge in [-0.05, 0) is 18.1 Å². The Morgan fingerprint density at radius 3 is 2.09 bits per heavy atom. The molecule has 0 aliphatic carbocycles. The van der Waals surface area contributed by atoms with Gasteiger partial charge < -0.3 is 0 Å². The molecule has 0 spiro atoms. The monoisotopic (exact) mass is 317 g/mol. The quantitative estimate of drug-likeness (QED) is 0.695. The zero-order chi connectivity index (χ0) is 16.4. The fourth-order valence-electron chi connectivity index (χ4n) is 3.06. The Kier molecular flexibility index (Phi) is 4.26. The lowest BCUT2D eigenvalue weighted by Crippen LogP contribution is -2.29. The summed E-state index contributed by atoms with van der Waals surface area (Å²) in [5.74, 6) is 0. The number of alkyl halides is 3. The van der Waals surface area contributed by atoms with Crippen LogP contribution >= 0.6 is 0 Å². The molecule has 3 rings (SSSR count). The molecule has 0 aromatic heterocycles. The van der Waals surface area contributed by atoms with Crippen molar-refractivity contribution in [2.75, 3.05) is 6.54 Å². The van der Waals surface area contributed by atoms with Crippen LogP contribution in [0.3, 0.4) is 0 Å². The summed E-state index contributed by atoms with van der Waals surface area (Å²) < 4.78 is 39.6. The molecule has 1 heterocycles. The Balaban J connectivity index is 1.95. The minimum absolute atomic E-state index is 0.0842. The van der Waals surface area contributed by atoms with Crippen LogP contribution in [0.1, 0.15) is 30.1 Å². The van der Waals surface area contributed by atoms with Crippen LogP contribution in [0.5, 0.6) is 0 Å². The van der Waals surface area contributed by atoms with Crippen molar-refractivity contribution in [2.24, 2.45) is 0 Å². The van der Waals surface area contributed by atoms with Gasteiger partial charge in [0, 0.05) is 18.2 Å². The van der Waals surface area contributed by atoms with E-state index in [0.29, 0.717) is 0 Å². The largest absolute Gasteiger partial charge is 0.413 e. The molecule has 1 nitrogen and oxygen atoms in total. The smallest absolute Gasteiger partial charge is 0.282 e. The maximum absolute atomic E-state index is 13.2. The fraction of sp³-hybridized carbons (Fsp3) is 0.263. The maximum Gasteiger partial charge on any atom is 0.413 e. The van der Waals surface area contributed by atoms with Crippen molar-refractivity contribution in [3.05, 3.63) is 83.4 Å². The summed E-state index contributed by atoms with van der Waals surface area (Å²) in [6, 6.07) is 18.6. The van der Waals surface area contributed by atoms with Gasteiger partial charge in [-0.3, -0.25) is 4.90 Å². The van der Waals surface area contributed by atoms with Crippen molar-refractivity contribution in [1.29, 1.82) is 0 Å². The summed E-state index contributed by atoms with van der Waals surface area (Å²) in [5.41, 5.74) is 1.44. The van der Waals surface area contributed by atoms with E-state index < -0.39 is 11.7 Å². The van der Waals surface area contributed by atoms with Gasteiger partial charge in [0.15, 0.2) is 0 Å². The van der Waals surface area contributed by atoms with Crippen LogP contribution < -0.4 is 0 Å². The highest BCUT2D eigenvalue weighted by Crippen LogP contribution is 2.41. The van der Waals surface area contributed by atoms with Crippen molar-refractivity contribution >= 4 is 0 Å². The SMILES string of the molecule is CC(c1ccccc1)N1CC(C(F)(F)F)=CC1c1ccccc1. The second-order valence-electron chi connectivity index (χ2n) is 5.80. The van der Waals surface area contributed by atoms with E-state index >= 15 is 0 Å². The molecule has 2 unspecified atom stereocenters. The Morgan fingerprint density at radius 2 is 1.52 bits per heavy atom. The van der Waals surface area contributed by atoms with Gasteiger partial charge in [-0.25, -0.2) is 0 Å². The lowest BCUT2D eigenvalue weighted by Gasteiger charge is -2.31. The van der Waals surface area contributed by atoms with Crippen LogP contribution in [0, 0.1) is 0 Å². The number of hydrogen-bond donors (Lipinski definition) is 0. The van der Waals surface area contributed by atoms with Gasteiger partial charge in [0.05, 0.1) is 6.04 Å². The molecule has 120 valence electrons. The molecule has 0 radical (unpaired) electrons. The molecule has 0 saturated heterocycles. The summed E-state index contributed by atoms with van der Waals surface area (Å²) in [7, 11) is 0. The van der Waals surface area contributed by atoms with E-state index in [1.54, 1.807) is 0 Å². The number of rotatable bonds is 3. The van der Waals surface area contributed by atoms with Crippen LogP contribution in [-0.2, 0) is 0 Å². The average molecular weight is 317 g/mol. The summed E-state index contributed by atoms with van der Waals surface area (Å²) in [6.45, 7) is 1.87. The van der Waals surface area contributed by atoms with E-state index in [2.05, 4.69) is 0 Å². The third-order valence-corrected chi connectivity index (χ3v) is 4.35. The molecule has 0 amide bonds. The first-order valence-corrected chi connectivity index (χ1v) is 7.60. The molecule has 2 aromatic rings. The second-order valence-corrected chi connectivity index (χ2v) is 5.80. The zero-order valence-electron chi connectivity index (χ0n) is 12.8. The molecule has 1 aliphatic heterocycles. The molecular weight excluding hydrogens is 299 g/mol. The molecule has 23 heavy (non-hydrogen) atoms. The van der Waals surface area contributed by atoms with E-state index in [4.69, 9.17) is 0 Å². The van der Waals surface area contributed by atoms with Gasteiger partial charge in [-0.2, -0.15) is 13.2 Å². The average Bonchev–Trinajstić information content (AvgIpc) is 3.01. The Hall–Kier alpha value is -2.07. The first-order valence-electron chi connectivity index (χ1n) is 7.60. The first kappa shape index (κ1) is 15.8. The third-order valence-electron chi connectivity index (χ3n) is 4.35. The van der Waals surface area contributed by atoms with Crippen LogP contribution in [0.4, 0.5) is 13.2 Å². The van der Waals surface area contributed by atoms with Crippen LogP contribution in [0.15, 0.2) is 72.3 Å². The van der Waals surface area contributed by atoms with E-state index in [0.717, 1.165) is 11.1 Å². The molecule has 0 N–H and O–H groups in total. The van der Waals surface area contributed by atoms with Gasteiger partial charge in [0.25, 0.3) is 0 Å². The molecule has 2 atom stereocenters. The number of hydrogen-bond acceptors (Lipinski definition) is 1. The predicted octanol–water partition coefficient (Wildman–Crippen LogP) is 5.29. The number of nitrogens with zero attached hydrogens (tertiary/aromatic N) is 1. The second kappa shape index (κ2) is 6.20. The molecular formula is C19H18F3N. The van der Waals surface area contributed by atoms with E-state index in [1.807, 2.05) is 72.5 Å². The fourth-order valence-corrected chi connectivity index (χ4v) is 3.06. The number of halogens is 3. The zero-order valence-corrected chi connectivity index (χ0v) is 12.8. The minimum Gasteiger partial charge on any atom is -0.282 e. The van der Waals surface area contributed by atoms with Gasteiger partial charge >= 0.3 is 6.18 Å². The summed E-state index contributed by atoms with van der Waals surface area (Å²) in [6.07, 6.45) is -2.92. The molecule has 1 aliphatic rings. The standard InChI is InChI=1S/C19H18F3N/c1-14(15-8-4-2-5-9-15)23-13-17(19(20,21)22)12-18(23)16-10-6-3-7-11-16/h2-12,14,18H,13H2,1H3. The summed E-state index contributed by atoms with van der Waals surface area (Å²) in [4.78, 5) is 1.90. The van der Waals surface area contributed by atoms with Gasteiger partial charge in [-0.15, -0.1) is 0 Å². The van der Waals surface area contributed by atoms with Gasteiger partial charge in [0.2, 0.25) is 0 Å². The van der Waals surface area contributed by atoms with Crippen molar-refractivity contribution < 1.29 is 13.2 Å².